The first-order valence-electron chi connectivity index (χ1n) is 6.89. The summed E-state index contributed by atoms with van der Waals surface area (Å²) in [5.74, 6) is 0.132. The molecule has 2 aliphatic heterocycles. The zero-order chi connectivity index (χ0) is 13.1. The van der Waals surface area contributed by atoms with Gasteiger partial charge in [-0.05, 0) is 18.4 Å². The van der Waals surface area contributed by atoms with E-state index in [9.17, 15) is 4.79 Å². The van der Waals surface area contributed by atoms with Gasteiger partial charge in [-0.2, -0.15) is 0 Å². The van der Waals surface area contributed by atoms with Gasteiger partial charge in [0.05, 0.1) is 19.3 Å². The predicted octanol–water partition coefficient (Wildman–Crippen LogP) is 1.25. The summed E-state index contributed by atoms with van der Waals surface area (Å²) in [5, 5.41) is 0. The van der Waals surface area contributed by atoms with Crippen LogP contribution in [0.5, 0.6) is 0 Å². The topological polar surface area (TPSA) is 42.1 Å². The Hall–Kier alpha value is -1.39. The maximum atomic E-state index is 11.9. The van der Waals surface area contributed by atoms with E-state index in [4.69, 9.17) is 9.47 Å². The van der Waals surface area contributed by atoms with E-state index in [-0.39, 0.29) is 18.1 Å². The van der Waals surface area contributed by atoms with Crippen molar-refractivity contribution in [2.75, 3.05) is 26.3 Å². The number of carbonyl (C=O) groups is 1. The van der Waals surface area contributed by atoms with Crippen molar-refractivity contribution in [3.05, 3.63) is 35.9 Å². The number of hydrogen-bond donors (Lipinski definition) is 0. The first-order chi connectivity index (χ1) is 9.33. The number of aryl methyl sites for hydroxylation is 1. The molecule has 1 aromatic carbocycles. The predicted molar refractivity (Wildman–Crippen MR) is 70.8 cm³/mol. The summed E-state index contributed by atoms with van der Waals surface area (Å²) < 4.78 is 10.8. The van der Waals surface area contributed by atoms with Crippen LogP contribution in [0, 0.1) is 0 Å². The highest BCUT2D eigenvalue weighted by Crippen LogP contribution is 2.17. The van der Waals surface area contributed by atoms with E-state index < -0.39 is 0 Å². The van der Waals surface area contributed by atoms with Gasteiger partial charge in [0.1, 0.15) is 0 Å². The van der Waals surface area contributed by atoms with Crippen LogP contribution in [0.15, 0.2) is 30.3 Å². The smallest absolute Gasteiger partial charge is 0.254 e. The van der Waals surface area contributed by atoms with Gasteiger partial charge >= 0.3 is 0 Å². The molecule has 4 nitrogen and oxygen atoms in total. The van der Waals surface area contributed by atoms with Gasteiger partial charge in [0.2, 0.25) is 0 Å². The number of ether oxygens (including phenoxy) is 2. The van der Waals surface area contributed by atoms with E-state index in [1.54, 1.807) is 0 Å². The molecule has 3 rings (SSSR count). The van der Waals surface area contributed by atoms with Gasteiger partial charge in [-0.15, -0.1) is 0 Å². The second kappa shape index (κ2) is 5.72. The molecule has 1 aromatic rings. The molecule has 0 spiro atoms. The van der Waals surface area contributed by atoms with Crippen LogP contribution in [-0.2, 0) is 20.7 Å². The highest BCUT2D eigenvalue weighted by Gasteiger charge is 2.36. The lowest BCUT2D eigenvalue weighted by atomic mass is 10.1. The van der Waals surface area contributed by atoms with Gasteiger partial charge in [-0.1, -0.05) is 30.3 Å². The molecule has 1 amide bonds. The van der Waals surface area contributed by atoms with Crippen LogP contribution in [0.4, 0.5) is 0 Å². The molecular formula is C15H19NO3. The maximum absolute atomic E-state index is 11.9. The number of benzene rings is 1. The molecule has 0 aromatic heterocycles. The Morgan fingerprint density at radius 2 is 2.05 bits per heavy atom. The fraction of sp³-hybridized carbons (Fsp3) is 0.533. The Kier molecular flexibility index (Phi) is 3.80. The summed E-state index contributed by atoms with van der Waals surface area (Å²) in [6, 6.07) is 10.4. The van der Waals surface area contributed by atoms with Crippen LogP contribution in [-0.4, -0.2) is 49.3 Å². The molecule has 0 saturated carbocycles. The summed E-state index contributed by atoms with van der Waals surface area (Å²) in [6.07, 6.45) is 1.93. The molecule has 19 heavy (non-hydrogen) atoms. The Balaban J connectivity index is 1.49. The van der Waals surface area contributed by atoms with Crippen LogP contribution >= 0.6 is 0 Å². The Bertz CT molecular complexity index is 430. The average molecular weight is 261 g/mol. The van der Waals surface area contributed by atoms with Crippen molar-refractivity contribution in [3.63, 3.8) is 0 Å². The number of rotatable bonds is 4. The molecule has 2 aliphatic rings. The zero-order valence-electron chi connectivity index (χ0n) is 11.0. The molecule has 2 atom stereocenters. The van der Waals surface area contributed by atoms with Crippen molar-refractivity contribution in [3.8, 4) is 0 Å². The summed E-state index contributed by atoms with van der Waals surface area (Å²) in [6.45, 7) is 2.62. The minimum atomic E-state index is -0.173. The van der Waals surface area contributed by atoms with Gasteiger partial charge in [-0.25, -0.2) is 0 Å². The SMILES string of the molecule is O=C(C1CO1)N1CCOC(CCc2ccccc2)C1. The monoisotopic (exact) mass is 261 g/mol. The first kappa shape index (κ1) is 12.6. The summed E-state index contributed by atoms with van der Waals surface area (Å²) in [4.78, 5) is 13.8. The van der Waals surface area contributed by atoms with Gasteiger partial charge in [0, 0.05) is 13.1 Å². The van der Waals surface area contributed by atoms with E-state index in [1.807, 2.05) is 11.0 Å². The van der Waals surface area contributed by atoms with E-state index in [0.717, 1.165) is 12.8 Å². The van der Waals surface area contributed by atoms with Gasteiger partial charge in [0.25, 0.3) is 5.91 Å². The van der Waals surface area contributed by atoms with Crippen molar-refractivity contribution in [1.82, 2.24) is 4.90 Å². The summed E-state index contributed by atoms with van der Waals surface area (Å²) in [5.41, 5.74) is 1.32. The van der Waals surface area contributed by atoms with Gasteiger partial charge in [0.15, 0.2) is 6.10 Å². The second-order valence-electron chi connectivity index (χ2n) is 5.12. The minimum Gasteiger partial charge on any atom is -0.375 e. The highest BCUT2D eigenvalue weighted by molar-refractivity contribution is 5.83. The van der Waals surface area contributed by atoms with E-state index >= 15 is 0 Å². The van der Waals surface area contributed by atoms with E-state index in [1.165, 1.54) is 5.56 Å². The third-order valence-corrected chi connectivity index (χ3v) is 3.66. The quantitative estimate of drug-likeness (QED) is 0.766. The molecule has 2 saturated heterocycles. The third kappa shape index (κ3) is 3.33. The molecule has 2 fully saturated rings. The van der Waals surface area contributed by atoms with Gasteiger partial charge in [-0.3, -0.25) is 4.79 Å². The Morgan fingerprint density at radius 1 is 1.26 bits per heavy atom. The van der Waals surface area contributed by atoms with Crippen LogP contribution in [0.2, 0.25) is 0 Å². The fourth-order valence-corrected chi connectivity index (χ4v) is 2.46. The molecule has 0 aliphatic carbocycles. The summed E-state index contributed by atoms with van der Waals surface area (Å²) >= 11 is 0. The van der Waals surface area contributed by atoms with Crippen LogP contribution in [0.1, 0.15) is 12.0 Å². The van der Waals surface area contributed by atoms with Crippen molar-refractivity contribution in [1.29, 1.82) is 0 Å². The minimum absolute atomic E-state index is 0.132. The number of carbonyl (C=O) groups excluding carboxylic acids is 1. The second-order valence-corrected chi connectivity index (χ2v) is 5.12. The molecule has 102 valence electrons. The molecule has 4 heteroatoms. The summed E-state index contributed by atoms with van der Waals surface area (Å²) in [7, 11) is 0. The third-order valence-electron chi connectivity index (χ3n) is 3.66. The molecule has 0 bridgehead atoms. The maximum Gasteiger partial charge on any atom is 0.254 e. The number of epoxide rings is 1. The normalized spacial score (nSPS) is 26.2. The fourth-order valence-electron chi connectivity index (χ4n) is 2.46. The average Bonchev–Trinajstić information content (AvgIpc) is 3.30. The van der Waals surface area contributed by atoms with Crippen molar-refractivity contribution in [2.45, 2.75) is 25.0 Å². The molecule has 0 N–H and O–H groups in total. The highest BCUT2D eigenvalue weighted by atomic mass is 16.6. The number of hydrogen-bond acceptors (Lipinski definition) is 3. The van der Waals surface area contributed by atoms with Crippen LogP contribution in [0.25, 0.3) is 0 Å². The Morgan fingerprint density at radius 3 is 2.79 bits per heavy atom. The van der Waals surface area contributed by atoms with Crippen LogP contribution in [0.3, 0.4) is 0 Å². The van der Waals surface area contributed by atoms with Crippen LogP contribution < -0.4 is 0 Å². The largest absolute Gasteiger partial charge is 0.375 e. The molecule has 0 radical (unpaired) electrons. The lowest BCUT2D eigenvalue weighted by Gasteiger charge is -2.32. The number of amides is 1. The lowest BCUT2D eigenvalue weighted by molar-refractivity contribution is -0.140. The Labute approximate surface area is 113 Å². The van der Waals surface area contributed by atoms with E-state index in [2.05, 4.69) is 24.3 Å². The van der Waals surface area contributed by atoms with E-state index in [0.29, 0.717) is 26.3 Å². The van der Waals surface area contributed by atoms with Crippen molar-refractivity contribution < 1.29 is 14.3 Å². The van der Waals surface area contributed by atoms with Crippen molar-refractivity contribution >= 4 is 5.91 Å². The first-order valence-corrected chi connectivity index (χ1v) is 6.89. The standard InChI is InChI=1S/C15H19NO3/c17-15(14-11-19-14)16-8-9-18-13(10-16)7-6-12-4-2-1-3-5-12/h1-5,13-14H,6-11H2. The number of nitrogens with zero attached hydrogens (tertiary/aromatic N) is 1. The lowest BCUT2D eigenvalue weighted by Crippen LogP contribution is -2.47. The zero-order valence-corrected chi connectivity index (χ0v) is 11.0. The van der Waals surface area contributed by atoms with Gasteiger partial charge < -0.3 is 14.4 Å². The molecular weight excluding hydrogens is 242 g/mol. The van der Waals surface area contributed by atoms with Crippen molar-refractivity contribution in [2.24, 2.45) is 0 Å². The molecule has 2 unspecified atom stereocenters. The molecule has 2 heterocycles. The number of morpholine rings is 1.